The molecule has 0 amide bonds. The molecule has 0 aliphatic carbocycles. The number of ether oxygens (including phenoxy) is 1. The summed E-state index contributed by atoms with van der Waals surface area (Å²) in [5.41, 5.74) is -0.0327. The fraction of sp³-hybridized carbons (Fsp3) is 0.400. The zero-order chi connectivity index (χ0) is 18.0. The largest absolute Gasteiger partial charge is 0.421 e. The Labute approximate surface area is 138 Å². The minimum atomic E-state index is -0.856. The first kappa shape index (κ1) is 17.5. The molecular weight excluding hydrogens is 317 g/mol. The fourth-order valence-electron chi connectivity index (χ4n) is 1.88. The molecule has 0 bridgehead atoms. The summed E-state index contributed by atoms with van der Waals surface area (Å²) >= 11 is 0. The third-order valence-corrected chi connectivity index (χ3v) is 3.19. The normalized spacial score (nSPS) is 10.8. The van der Waals surface area contributed by atoms with E-state index in [-0.39, 0.29) is 28.9 Å². The predicted molar refractivity (Wildman–Crippen MR) is 86.1 cm³/mol. The first-order valence-electron chi connectivity index (χ1n) is 7.24. The first-order chi connectivity index (χ1) is 11.2. The summed E-state index contributed by atoms with van der Waals surface area (Å²) in [6, 6.07) is 2.01. The summed E-state index contributed by atoms with van der Waals surface area (Å²) in [5, 5.41) is 10.8. The Kier molecular flexibility index (Phi) is 4.91. The van der Waals surface area contributed by atoms with E-state index in [2.05, 4.69) is 15.0 Å². The van der Waals surface area contributed by atoms with Crippen LogP contribution in [0.3, 0.4) is 0 Å². The van der Waals surface area contributed by atoms with Crippen molar-refractivity contribution in [2.24, 2.45) is 0 Å². The van der Waals surface area contributed by atoms with Crippen molar-refractivity contribution in [3.05, 3.63) is 39.5 Å². The summed E-state index contributed by atoms with van der Waals surface area (Å²) in [6.07, 6.45) is 0. The van der Waals surface area contributed by atoms with Crippen molar-refractivity contribution in [1.82, 2.24) is 15.0 Å². The molecule has 1 heterocycles. The van der Waals surface area contributed by atoms with Crippen molar-refractivity contribution < 1.29 is 14.1 Å². The predicted octanol–water partition coefficient (Wildman–Crippen LogP) is 3.21. The van der Waals surface area contributed by atoms with Gasteiger partial charge in [0, 0.05) is 25.6 Å². The second-order valence-electron chi connectivity index (χ2n) is 5.75. The summed E-state index contributed by atoms with van der Waals surface area (Å²) < 4.78 is 19.5. The van der Waals surface area contributed by atoms with E-state index >= 15 is 0 Å². The van der Waals surface area contributed by atoms with E-state index < -0.39 is 10.7 Å². The van der Waals surface area contributed by atoms with Crippen LogP contribution in [0.1, 0.15) is 31.2 Å². The smallest absolute Gasteiger partial charge is 0.327 e. The third kappa shape index (κ3) is 3.73. The van der Waals surface area contributed by atoms with Gasteiger partial charge in [-0.3, -0.25) is 10.1 Å². The highest BCUT2D eigenvalue weighted by atomic mass is 19.1. The van der Waals surface area contributed by atoms with Crippen molar-refractivity contribution in [3.8, 4) is 11.8 Å². The molecular formula is C15H18FN5O3. The van der Waals surface area contributed by atoms with Crippen LogP contribution in [0.15, 0.2) is 12.1 Å². The molecule has 0 saturated heterocycles. The molecule has 0 aliphatic rings. The van der Waals surface area contributed by atoms with Gasteiger partial charge in [0.15, 0.2) is 11.6 Å². The molecule has 0 N–H and O–H groups in total. The number of nitrogens with zero attached hydrogens (tertiary/aromatic N) is 5. The average Bonchev–Trinajstić information content (AvgIpc) is 2.49. The third-order valence-electron chi connectivity index (χ3n) is 3.19. The highest BCUT2D eigenvalue weighted by molar-refractivity contribution is 5.46. The lowest BCUT2D eigenvalue weighted by molar-refractivity contribution is -0.385. The molecule has 24 heavy (non-hydrogen) atoms. The van der Waals surface area contributed by atoms with Gasteiger partial charge < -0.3 is 9.64 Å². The van der Waals surface area contributed by atoms with Gasteiger partial charge in [-0.2, -0.15) is 15.0 Å². The Bertz CT molecular complexity index is 754. The number of nitro benzene ring substituents is 1. The number of halogens is 1. The van der Waals surface area contributed by atoms with Crippen LogP contribution in [-0.4, -0.2) is 34.0 Å². The van der Waals surface area contributed by atoms with Gasteiger partial charge in [0.2, 0.25) is 5.95 Å². The monoisotopic (exact) mass is 335 g/mol. The molecule has 0 spiro atoms. The van der Waals surface area contributed by atoms with E-state index in [4.69, 9.17) is 4.74 Å². The maximum absolute atomic E-state index is 14.1. The maximum atomic E-state index is 14.1. The van der Waals surface area contributed by atoms with Crippen molar-refractivity contribution in [3.63, 3.8) is 0 Å². The molecule has 0 unspecified atom stereocenters. The van der Waals surface area contributed by atoms with Crippen LogP contribution in [0.25, 0.3) is 0 Å². The Morgan fingerprint density at radius 1 is 1.25 bits per heavy atom. The molecule has 9 heteroatoms. The van der Waals surface area contributed by atoms with Gasteiger partial charge in [0.25, 0.3) is 5.69 Å². The quantitative estimate of drug-likeness (QED) is 0.611. The Hall–Kier alpha value is -2.84. The number of benzene rings is 1. The summed E-state index contributed by atoms with van der Waals surface area (Å²) in [7, 11) is 3.53. The Morgan fingerprint density at radius 2 is 1.92 bits per heavy atom. The number of anilines is 1. The van der Waals surface area contributed by atoms with E-state index in [1.807, 2.05) is 13.8 Å². The molecule has 8 nitrogen and oxygen atoms in total. The molecule has 1 aromatic carbocycles. The molecule has 0 aliphatic heterocycles. The van der Waals surface area contributed by atoms with Crippen LogP contribution >= 0.6 is 0 Å². The van der Waals surface area contributed by atoms with Gasteiger partial charge in [-0.1, -0.05) is 13.8 Å². The fourth-order valence-corrected chi connectivity index (χ4v) is 1.88. The molecule has 0 fully saturated rings. The Balaban J connectivity index is 2.44. The number of hydrogen-bond acceptors (Lipinski definition) is 7. The number of hydrogen-bond donors (Lipinski definition) is 0. The summed E-state index contributed by atoms with van der Waals surface area (Å²) in [6.45, 7) is 5.33. The molecule has 2 rings (SSSR count). The van der Waals surface area contributed by atoms with Gasteiger partial charge >= 0.3 is 6.01 Å². The second-order valence-corrected chi connectivity index (χ2v) is 5.75. The lowest BCUT2D eigenvalue weighted by atomic mass is 10.2. The number of nitro groups is 1. The van der Waals surface area contributed by atoms with Crippen molar-refractivity contribution >= 4 is 11.6 Å². The minimum Gasteiger partial charge on any atom is -0.421 e. The van der Waals surface area contributed by atoms with E-state index in [9.17, 15) is 14.5 Å². The molecule has 1 aromatic heterocycles. The van der Waals surface area contributed by atoms with Crippen LogP contribution < -0.4 is 9.64 Å². The van der Waals surface area contributed by atoms with Crippen LogP contribution in [-0.2, 0) is 0 Å². The summed E-state index contributed by atoms with van der Waals surface area (Å²) in [4.78, 5) is 24.5. The topological polar surface area (TPSA) is 94.3 Å². The van der Waals surface area contributed by atoms with Gasteiger partial charge in [0.05, 0.1) is 11.0 Å². The molecule has 0 atom stereocenters. The second kappa shape index (κ2) is 6.73. The minimum absolute atomic E-state index is 0.0255. The van der Waals surface area contributed by atoms with Crippen LogP contribution in [0, 0.1) is 22.9 Å². The van der Waals surface area contributed by atoms with E-state index in [1.54, 1.807) is 19.0 Å². The zero-order valence-electron chi connectivity index (χ0n) is 14.1. The lowest BCUT2D eigenvalue weighted by Gasteiger charge is -2.14. The SMILES string of the molecule is Cc1cc(Oc2nc(C(C)C)nc(N(C)C)n2)c(F)cc1[N+](=O)[O-]. The van der Waals surface area contributed by atoms with E-state index in [0.717, 1.165) is 6.07 Å². The average molecular weight is 335 g/mol. The van der Waals surface area contributed by atoms with Gasteiger partial charge in [-0.05, 0) is 13.0 Å². The molecule has 0 saturated carbocycles. The van der Waals surface area contributed by atoms with Crippen LogP contribution in [0.5, 0.6) is 11.8 Å². The molecule has 2 aromatic rings. The van der Waals surface area contributed by atoms with Crippen molar-refractivity contribution in [2.45, 2.75) is 26.7 Å². The van der Waals surface area contributed by atoms with E-state index in [1.165, 1.54) is 13.0 Å². The van der Waals surface area contributed by atoms with Crippen LogP contribution in [0.4, 0.5) is 16.0 Å². The molecule has 0 radical (unpaired) electrons. The Morgan fingerprint density at radius 3 is 2.46 bits per heavy atom. The first-order valence-corrected chi connectivity index (χ1v) is 7.24. The van der Waals surface area contributed by atoms with Gasteiger partial charge in [-0.15, -0.1) is 0 Å². The summed E-state index contributed by atoms with van der Waals surface area (Å²) in [5.74, 6) is -0.128. The van der Waals surface area contributed by atoms with Gasteiger partial charge in [0.1, 0.15) is 5.82 Å². The maximum Gasteiger partial charge on any atom is 0.327 e. The van der Waals surface area contributed by atoms with Gasteiger partial charge in [-0.25, -0.2) is 4.39 Å². The van der Waals surface area contributed by atoms with E-state index in [0.29, 0.717) is 11.8 Å². The molecule has 128 valence electrons. The number of aromatic nitrogens is 3. The standard InChI is InChI=1S/C15H18FN5O3/c1-8(2)13-17-14(20(4)5)19-15(18-13)24-12-6-9(3)11(21(22)23)7-10(12)16/h6-8H,1-5H3. The highest BCUT2D eigenvalue weighted by Gasteiger charge is 2.19. The highest BCUT2D eigenvalue weighted by Crippen LogP contribution is 2.30. The van der Waals surface area contributed by atoms with Crippen molar-refractivity contribution in [2.75, 3.05) is 19.0 Å². The lowest BCUT2D eigenvalue weighted by Crippen LogP contribution is -2.15. The number of aryl methyl sites for hydroxylation is 1. The van der Waals surface area contributed by atoms with Crippen molar-refractivity contribution in [1.29, 1.82) is 0 Å². The number of rotatable bonds is 5. The van der Waals surface area contributed by atoms with Crippen LogP contribution in [0.2, 0.25) is 0 Å². The zero-order valence-corrected chi connectivity index (χ0v) is 14.1.